The summed E-state index contributed by atoms with van der Waals surface area (Å²) in [6.07, 6.45) is 15.5. The van der Waals surface area contributed by atoms with Gasteiger partial charge < -0.3 is 5.32 Å². The lowest BCUT2D eigenvalue weighted by atomic mass is 9.78. The van der Waals surface area contributed by atoms with Crippen molar-refractivity contribution in [1.82, 2.24) is 5.32 Å². The van der Waals surface area contributed by atoms with Crippen molar-refractivity contribution in [2.45, 2.75) is 95.9 Å². The van der Waals surface area contributed by atoms with Gasteiger partial charge >= 0.3 is 0 Å². The SMILES string of the molecule is CCCCCCCCC(=O)CC1(NC)CCCCC1. The molecular weight excluding hydrogens is 234 g/mol. The molecule has 0 bridgehead atoms. The predicted molar refractivity (Wildman–Crippen MR) is 82.5 cm³/mol. The lowest BCUT2D eigenvalue weighted by Gasteiger charge is -2.36. The molecule has 2 nitrogen and oxygen atoms in total. The zero-order chi connectivity index (χ0) is 14.0. The van der Waals surface area contributed by atoms with Crippen molar-refractivity contribution in [2.24, 2.45) is 0 Å². The summed E-state index contributed by atoms with van der Waals surface area (Å²) >= 11 is 0. The Hall–Kier alpha value is -0.370. The Morgan fingerprint density at radius 2 is 1.63 bits per heavy atom. The van der Waals surface area contributed by atoms with Crippen LogP contribution in [0.3, 0.4) is 0 Å². The fraction of sp³-hybridized carbons (Fsp3) is 0.941. The molecule has 1 saturated carbocycles. The van der Waals surface area contributed by atoms with Gasteiger partial charge in [-0.25, -0.2) is 0 Å². The molecule has 1 N–H and O–H groups in total. The molecule has 0 aromatic rings. The average molecular weight is 267 g/mol. The Bertz CT molecular complexity index is 244. The highest BCUT2D eigenvalue weighted by atomic mass is 16.1. The highest BCUT2D eigenvalue weighted by Gasteiger charge is 2.31. The van der Waals surface area contributed by atoms with Crippen molar-refractivity contribution >= 4 is 5.78 Å². The molecule has 1 aliphatic rings. The molecule has 1 fully saturated rings. The van der Waals surface area contributed by atoms with Gasteiger partial charge in [0, 0.05) is 18.4 Å². The number of Topliss-reactive ketones (excluding diaryl/α,β-unsaturated/α-hetero) is 1. The topological polar surface area (TPSA) is 29.1 Å². The standard InChI is InChI=1S/C17H33NO/c1-3-4-5-6-7-9-12-16(19)15-17(18-2)13-10-8-11-14-17/h18H,3-15H2,1-2H3. The van der Waals surface area contributed by atoms with Gasteiger partial charge in [-0.05, 0) is 26.3 Å². The van der Waals surface area contributed by atoms with Gasteiger partial charge in [-0.3, -0.25) is 4.79 Å². The molecule has 0 aromatic heterocycles. The molecule has 0 saturated heterocycles. The van der Waals surface area contributed by atoms with Crippen LogP contribution >= 0.6 is 0 Å². The lowest BCUT2D eigenvalue weighted by Crippen LogP contribution is -2.46. The van der Waals surface area contributed by atoms with Crippen LogP contribution in [0.1, 0.15) is 90.4 Å². The summed E-state index contributed by atoms with van der Waals surface area (Å²) in [6.45, 7) is 2.24. The Kier molecular flexibility index (Phi) is 8.36. The molecular formula is C17H33NO. The van der Waals surface area contributed by atoms with Crippen molar-refractivity contribution in [2.75, 3.05) is 7.05 Å². The summed E-state index contributed by atoms with van der Waals surface area (Å²) in [5.74, 6) is 0.478. The number of rotatable bonds is 10. The van der Waals surface area contributed by atoms with E-state index in [1.165, 1.54) is 64.2 Å². The monoisotopic (exact) mass is 267 g/mol. The third-order valence-electron chi connectivity index (χ3n) is 4.69. The van der Waals surface area contributed by atoms with Crippen LogP contribution in [0.5, 0.6) is 0 Å². The lowest BCUT2D eigenvalue weighted by molar-refractivity contribution is -0.121. The van der Waals surface area contributed by atoms with E-state index in [0.717, 1.165) is 19.3 Å². The van der Waals surface area contributed by atoms with Crippen molar-refractivity contribution in [3.63, 3.8) is 0 Å². The van der Waals surface area contributed by atoms with Crippen molar-refractivity contribution in [3.05, 3.63) is 0 Å². The Labute approximate surface area is 119 Å². The Balaban J connectivity index is 2.15. The minimum absolute atomic E-state index is 0.136. The summed E-state index contributed by atoms with van der Waals surface area (Å²) in [4.78, 5) is 12.1. The zero-order valence-electron chi connectivity index (χ0n) is 13.1. The number of carbonyl (C=O) groups is 1. The molecule has 0 amide bonds. The zero-order valence-corrected chi connectivity index (χ0v) is 13.1. The van der Waals surface area contributed by atoms with E-state index in [1.807, 2.05) is 7.05 Å². The molecule has 0 unspecified atom stereocenters. The maximum Gasteiger partial charge on any atom is 0.134 e. The molecule has 1 rings (SSSR count). The van der Waals surface area contributed by atoms with Gasteiger partial charge in [0.25, 0.3) is 0 Å². The first-order chi connectivity index (χ1) is 9.22. The van der Waals surface area contributed by atoms with Crippen molar-refractivity contribution in [3.8, 4) is 0 Å². The number of hydrogen-bond donors (Lipinski definition) is 1. The third kappa shape index (κ3) is 6.56. The predicted octanol–water partition coefficient (Wildman–Crippen LogP) is 4.62. The minimum atomic E-state index is 0.136. The minimum Gasteiger partial charge on any atom is -0.314 e. The fourth-order valence-electron chi connectivity index (χ4n) is 3.31. The van der Waals surface area contributed by atoms with Crippen LogP contribution in [0, 0.1) is 0 Å². The van der Waals surface area contributed by atoms with E-state index in [9.17, 15) is 4.79 Å². The van der Waals surface area contributed by atoms with Crippen LogP contribution in [0.4, 0.5) is 0 Å². The summed E-state index contributed by atoms with van der Waals surface area (Å²) in [5.41, 5.74) is 0.136. The maximum atomic E-state index is 12.1. The number of unbranched alkanes of at least 4 members (excludes halogenated alkanes) is 5. The first-order valence-corrected chi connectivity index (χ1v) is 8.43. The van der Waals surface area contributed by atoms with Crippen LogP contribution in [-0.2, 0) is 4.79 Å². The molecule has 0 aromatic carbocycles. The van der Waals surface area contributed by atoms with E-state index in [2.05, 4.69) is 12.2 Å². The number of ketones is 1. The molecule has 2 heteroatoms. The van der Waals surface area contributed by atoms with Crippen molar-refractivity contribution in [1.29, 1.82) is 0 Å². The number of carbonyl (C=O) groups excluding carboxylic acids is 1. The van der Waals surface area contributed by atoms with E-state index in [4.69, 9.17) is 0 Å². The molecule has 0 atom stereocenters. The number of nitrogens with one attached hydrogen (secondary N) is 1. The van der Waals surface area contributed by atoms with Crippen LogP contribution in [0.15, 0.2) is 0 Å². The van der Waals surface area contributed by atoms with Gasteiger partial charge in [0.2, 0.25) is 0 Å². The Morgan fingerprint density at radius 1 is 1.00 bits per heavy atom. The highest BCUT2D eigenvalue weighted by Crippen LogP contribution is 2.31. The van der Waals surface area contributed by atoms with E-state index in [1.54, 1.807) is 0 Å². The summed E-state index contributed by atoms with van der Waals surface area (Å²) in [5, 5.41) is 3.45. The van der Waals surface area contributed by atoms with Crippen LogP contribution in [0.2, 0.25) is 0 Å². The van der Waals surface area contributed by atoms with Gasteiger partial charge in [-0.1, -0.05) is 58.3 Å². The molecule has 112 valence electrons. The Morgan fingerprint density at radius 3 is 2.26 bits per heavy atom. The van der Waals surface area contributed by atoms with Gasteiger partial charge in [-0.2, -0.15) is 0 Å². The normalized spacial score (nSPS) is 18.4. The first kappa shape index (κ1) is 16.7. The fourth-order valence-corrected chi connectivity index (χ4v) is 3.31. The van der Waals surface area contributed by atoms with Crippen LogP contribution in [-0.4, -0.2) is 18.4 Å². The second-order valence-electron chi connectivity index (χ2n) is 6.32. The second kappa shape index (κ2) is 9.52. The molecule has 1 aliphatic carbocycles. The van der Waals surface area contributed by atoms with Gasteiger partial charge in [-0.15, -0.1) is 0 Å². The van der Waals surface area contributed by atoms with Crippen LogP contribution < -0.4 is 5.32 Å². The third-order valence-corrected chi connectivity index (χ3v) is 4.69. The van der Waals surface area contributed by atoms with E-state index >= 15 is 0 Å². The molecule has 0 spiro atoms. The summed E-state index contributed by atoms with van der Waals surface area (Å²) < 4.78 is 0. The van der Waals surface area contributed by atoms with Gasteiger partial charge in [0.05, 0.1) is 0 Å². The second-order valence-corrected chi connectivity index (χ2v) is 6.32. The van der Waals surface area contributed by atoms with Gasteiger partial charge in [0.15, 0.2) is 0 Å². The highest BCUT2D eigenvalue weighted by molar-refractivity contribution is 5.79. The van der Waals surface area contributed by atoms with E-state index < -0.39 is 0 Å². The van der Waals surface area contributed by atoms with Crippen molar-refractivity contribution < 1.29 is 4.79 Å². The summed E-state index contributed by atoms with van der Waals surface area (Å²) in [6, 6.07) is 0. The first-order valence-electron chi connectivity index (χ1n) is 8.43. The molecule has 0 aliphatic heterocycles. The maximum absolute atomic E-state index is 12.1. The quantitative estimate of drug-likeness (QED) is 0.585. The molecule has 0 heterocycles. The van der Waals surface area contributed by atoms with E-state index in [0.29, 0.717) is 5.78 Å². The molecule has 0 radical (unpaired) electrons. The van der Waals surface area contributed by atoms with Crippen LogP contribution in [0.25, 0.3) is 0 Å². The van der Waals surface area contributed by atoms with Gasteiger partial charge in [0.1, 0.15) is 5.78 Å². The average Bonchev–Trinajstić information content (AvgIpc) is 2.43. The number of hydrogen-bond acceptors (Lipinski definition) is 2. The smallest absolute Gasteiger partial charge is 0.134 e. The molecule has 19 heavy (non-hydrogen) atoms. The van der Waals surface area contributed by atoms with E-state index in [-0.39, 0.29) is 5.54 Å². The summed E-state index contributed by atoms with van der Waals surface area (Å²) in [7, 11) is 2.03. The largest absolute Gasteiger partial charge is 0.314 e.